The molecule has 1 aliphatic rings. The molecule has 1 aromatic heterocycles. The summed E-state index contributed by atoms with van der Waals surface area (Å²) in [6.45, 7) is 5.57. The van der Waals surface area contributed by atoms with Crippen molar-refractivity contribution in [3.63, 3.8) is 0 Å². The van der Waals surface area contributed by atoms with E-state index in [4.69, 9.17) is 0 Å². The van der Waals surface area contributed by atoms with Crippen LogP contribution in [0.2, 0.25) is 0 Å². The summed E-state index contributed by atoms with van der Waals surface area (Å²) in [4.78, 5) is 9.06. The fourth-order valence-corrected chi connectivity index (χ4v) is 2.63. The molecule has 0 spiro atoms. The molecule has 0 radical (unpaired) electrons. The fraction of sp³-hybridized carbons (Fsp3) is 0.667. The molecule has 0 bridgehead atoms. The Morgan fingerprint density at radius 1 is 1.47 bits per heavy atom. The van der Waals surface area contributed by atoms with Gasteiger partial charge in [-0.1, -0.05) is 6.07 Å². The molecule has 1 fully saturated rings. The Bertz CT molecular complexity index is 352. The summed E-state index contributed by atoms with van der Waals surface area (Å²) in [5, 5.41) is 3.50. The van der Waals surface area contributed by atoms with Crippen molar-refractivity contribution < 1.29 is 0 Å². The molecule has 1 aliphatic heterocycles. The van der Waals surface area contributed by atoms with Gasteiger partial charge in [-0.05, 0) is 45.1 Å². The zero-order chi connectivity index (χ0) is 13.5. The lowest BCUT2D eigenvalue weighted by Crippen LogP contribution is -2.46. The molecule has 4 heteroatoms. The monoisotopic (exact) mass is 262 g/mol. The zero-order valence-corrected chi connectivity index (χ0v) is 12.2. The number of hydrogen-bond donors (Lipinski definition) is 1. The molecule has 0 saturated carbocycles. The van der Waals surface area contributed by atoms with Gasteiger partial charge in [0, 0.05) is 44.6 Å². The third-order valence-electron chi connectivity index (χ3n) is 3.87. The normalized spacial score (nSPS) is 20.9. The third kappa shape index (κ3) is 4.90. The summed E-state index contributed by atoms with van der Waals surface area (Å²) in [5.41, 5.74) is 1.26. The third-order valence-corrected chi connectivity index (χ3v) is 3.87. The molecule has 2 rings (SSSR count). The van der Waals surface area contributed by atoms with Crippen molar-refractivity contribution in [1.29, 1.82) is 0 Å². The van der Waals surface area contributed by atoms with Gasteiger partial charge in [0.05, 0.1) is 0 Å². The molecule has 0 aromatic carbocycles. The second kappa shape index (κ2) is 7.58. The van der Waals surface area contributed by atoms with E-state index in [0.29, 0.717) is 0 Å². The standard InChI is InChI=1S/C15H26N4/c1-18(2)15-6-4-9-19(13-15)10-8-17-12-14-5-3-7-16-11-14/h3,5,7,11,15,17H,4,6,8-10,12-13H2,1-2H3. The number of nitrogens with one attached hydrogen (secondary N) is 1. The SMILES string of the molecule is CN(C)C1CCCN(CCNCc2cccnc2)C1. The van der Waals surface area contributed by atoms with Crippen molar-refractivity contribution in [2.24, 2.45) is 0 Å². The van der Waals surface area contributed by atoms with Crippen LogP contribution in [0, 0.1) is 0 Å². The Balaban J connectivity index is 1.63. The lowest BCUT2D eigenvalue weighted by molar-refractivity contribution is 0.134. The van der Waals surface area contributed by atoms with Crippen molar-refractivity contribution in [2.75, 3.05) is 40.3 Å². The molecule has 2 heterocycles. The largest absolute Gasteiger partial charge is 0.311 e. The number of pyridine rings is 1. The molecular formula is C15H26N4. The van der Waals surface area contributed by atoms with Gasteiger partial charge in [-0.2, -0.15) is 0 Å². The molecule has 1 saturated heterocycles. The lowest BCUT2D eigenvalue weighted by Gasteiger charge is -2.36. The van der Waals surface area contributed by atoms with E-state index >= 15 is 0 Å². The molecule has 106 valence electrons. The van der Waals surface area contributed by atoms with E-state index in [1.54, 1.807) is 0 Å². The maximum absolute atomic E-state index is 4.13. The minimum Gasteiger partial charge on any atom is -0.311 e. The van der Waals surface area contributed by atoms with Crippen LogP contribution in [-0.4, -0.2) is 61.1 Å². The van der Waals surface area contributed by atoms with Crippen LogP contribution in [0.5, 0.6) is 0 Å². The van der Waals surface area contributed by atoms with E-state index in [9.17, 15) is 0 Å². The Morgan fingerprint density at radius 3 is 3.11 bits per heavy atom. The quantitative estimate of drug-likeness (QED) is 0.781. The topological polar surface area (TPSA) is 31.4 Å². The van der Waals surface area contributed by atoms with Crippen LogP contribution < -0.4 is 5.32 Å². The molecule has 1 atom stereocenters. The molecule has 0 amide bonds. The highest BCUT2D eigenvalue weighted by Gasteiger charge is 2.20. The minimum atomic E-state index is 0.729. The van der Waals surface area contributed by atoms with Crippen molar-refractivity contribution in [3.05, 3.63) is 30.1 Å². The molecule has 0 aliphatic carbocycles. The Labute approximate surface area is 116 Å². The maximum atomic E-state index is 4.13. The second-order valence-corrected chi connectivity index (χ2v) is 5.60. The Hall–Kier alpha value is -0.970. The molecule has 19 heavy (non-hydrogen) atoms. The molecule has 4 nitrogen and oxygen atoms in total. The fourth-order valence-electron chi connectivity index (χ4n) is 2.63. The van der Waals surface area contributed by atoms with Gasteiger partial charge in [0.2, 0.25) is 0 Å². The number of hydrogen-bond acceptors (Lipinski definition) is 4. The van der Waals surface area contributed by atoms with Gasteiger partial charge in [0.15, 0.2) is 0 Å². The number of piperidine rings is 1. The van der Waals surface area contributed by atoms with Gasteiger partial charge < -0.3 is 15.1 Å². The maximum Gasteiger partial charge on any atom is 0.0312 e. The summed E-state index contributed by atoms with van der Waals surface area (Å²) in [7, 11) is 4.38. The second-order valence-electron chi connectivity index (χ2n) is 5.60. The van der Waals surface area contributed by atoms with Crippen LogP contribution in [-0.2, 0) is 6.54 Å². The molecule has 1 unspecified atom stereocenters. The summed E-state index contributed by atoms with van der Waals surface area (Å²) in [6, 6.07) is 4.83. The van der Waals surface area contributed by atoms with E-state index in [1.807, 2.05) is 18.5 Å². The van der Waals surface area contributed by atoms with Gasteiger partial charge in [0.25, 0.3) is 0 Å². The first-order valence-corrected chi connectivity index (χ1v) is 7.24. The zero-order valence-electron chi connectivity index (χ0n) is 12.2. The van der Waals surface area contributed by atoms with Crippen LogP contribution >= 0.6 is 0 Å². The Kier molecular flexibility index (Phi) is 5.76. The summed E-state index contributed by atoms with van der Waals surface area (Å²) < 4.78 is 0. The molecule has 1 aromatic rings. The first kappa shape index (κ1) is 14.4. The van der Waals surface area contributed by atoms with E-state index in [2.05, 4.69) is 40.3 Å². The summed E-state index contributed by atoms with van der Waals surface area (Å²) >= 11 is 0. The van der Waals surface area contributed by atoms with Gasteiger partial charge in [-0.25, -0.2) is 0 Å². The molecule has 1 N–H and O–H groups in total. The van der Waals surface area contributed by atoms with Crippen LogP contribution in [0.4, 0.5) is 0 Å². The van der Waals surface area contributed by atoms with Crippen molar-refractivity contribution in [2.45, 2.75) is 25.4 Å². The number of nitrogens with zero attached hydrogens (tertiary/aromatic N) is 3. The summed E-state index contributed by atoms with van der Waals surface area (Å²) in [5.74, 6) is 0. The van der Waals surface area contributed by atoms with E-state index < -0.39 is 0 Å². The predicted octanol–water partition coefficient (Wildman–Crippen LogP) is 1.20. The average molecular weight is 262 g/mol. The van der Waals surface area contributed by atoms with E-state index in [-0.39, 0.29) is 0 Å². The minimum absolute atomic E-state index is 0.729. The number of likely N-dealkylation sites (N-methyl/N-ethyl adjacent to an activating group) is 1. The predicted molar refractivity (Wildman–Crippen MR) is 79.1 cm³/mol. The van der Waals surface area contributed by atoms with E-state index in [1.165, 1.54) is 31.5 Å². The average Bonchev–Trinajstić information content (AvgIpc) is 2.45. The van der Waals surface area contributed by atoms with Gasteiger partial charge >= 0.3 is 0 Å². The van der Waals surface area contributed by atoms with Crippen LogP contribution in [0.15, 0.2) is 24.5 Å². The van der Waals surface area contributed by atoms with Crippen LogP contribution in [0.25, 0.3) is 0 Å². The highest BCUT2D eigenvalue weighted by molar-refractivity contribution is 5.07. The van der Waals surface area contributed by atoms with Crippen molar-refractivity contribution >= 4 is 0 Å². The van der Waals surface area contributed by atoms with Gasteiger partial charge in [-0.15, -0.1) is 0 Å². The van der Waals surface area contributed by atoms with Gasteiger partial charge in [-0.3, -0.25) is 4.98 Å². The smallest absolute Gasteiger partial charge is 0.0312 e. The number of likely N-dealkylation sites (tertiary alicyclic amines) is 1. The van der Waals surface area contributed by atoms with E-state index in [0.717, 1.165) is 25.7 Å². The Morgan fingerprint density at radius 2 is 2.37 bits per heavy atom. The molecular weight excluding hydrogens is 236 g/mol. The summed E-state index contributed by atoms with van der Waals surface area (Å²) in [6.07, 6.45) is 6.41. The number of rotatable bonds is 6. The number of aromatic nitrogens is 1. The van der Waals surface area contributed by atoms with Crippen LogP contribution in [0.1, 0.15) is 18.4 Å². The lowest BCUT2D eigenvalue weighted by atomic mass is 10.1. The first-order valence-electron chi connectivity index (χ1n) is 7.24. The van der Waals surface area contributed by atoms with Gasteiger partial charge in [0.1, 0.15) is 0 Å². The van der Waals surface area contributed by atoms with Crippen molar-refractivity contribution in [3.8, 4) is 0 Å². The van der Waals surface area contributed by atoms with Crippen LogP contribution in [0.3, 0.4) is 0 Å². The first-order chi connectivity index (χ1) is 9.25. The highest BCUT2D eigenvalue weighted by atomic mass is 15.2. The highest BCUT2D eigenvalue weighted by Crippen LogP contribution is 2.12. The van der Waals surface area contributed by atoms with Crippen molar-refractivity contribution in [1.82, 2.24) is 20.1 Å².